The van der Waals surface area contributed by atoms with Gasteiger partial charge >= 0.3 is 0 Å². The second-order valence-corrected chi connectivity index (χ2v) is 9.14. The lowest BCUT2D eigenvalue weighted by atomic mass is 10.3. The first kappa shape index (κ1) is 23.2. The molecule has 1 atom stereocenters. The van der Waals surface area contributed by atoms with Gasteiger partial charge in [-0.15, -0.1) is 10.2 Å². The molecular weight excluding hydrogens is 479 g/mol. The maximum absolute atomic E-state index is 12.8. The first-order valence-electron chi connectivity index (χ1n) is 10.1. The summed E-state index contributed by atoms with van der Waals surface area (Å²) in [7, 11) is 0. The summed E-state index contributed by atoms with van der Waals surface area (Å²) in [4.78, 5) is 12.8. The SMILES string of the molecule is CC(Sc1nnc(COc2ccccc2Cl)n1-c1ccccc1)C(=O)Nc1ccccc1Cl. The van der Waals surface area contributed by atoms with Crippen LogP contribution in [0.2, 0.25) is 10.0 Å². The van der Waals surface area contributed by atoms with E-state index in [4.69, 9.17) is 27.9 Å². The number of anilines is 1. The molecule has 1 aromatic heterocycles. The summed E-state index contributed by atoms with van der Waals surface area (Å²) in [6.45, 7) is 1.97. The summed E-state index contributed by atoms with van der Waals surface area (Å²) >= 11 is 13.7. The Bertz CT molecular complexity index is 1250. The number of ether oxygens (including phenoxy) is 1. The molecule has 0 bridgehead atoms. The lowest BCUT2D eigenvalue weighted by Crippen LogP contribution is -2.23. The summed E-state index contributed by atoms with van der Waals surface area (Å²) in [5.41, 5.74) is 1.43. The summed E-state index contributed by atoms with van der Waals surface area (Å²) < 4.78 is 7.76. The van der Waals surface area contributed by atoms with Crippen molar-refractivity contribution in [3.63, 3.8) is 0 Å². The third-order valence-electron chi connectivity index (χ3n) is 4.69. The van der Waals surface area contributed by atoms with Crippen molar-refractivity contribution in [2.75, 3.05) is 5.32 Å². The fraction of sp³-hybridized carbons (Fsp3) is 0.125. The summed E-state index contributed by atoms with van der Waals surface area (Å²) in [5, 5.41) is 12.6. The molecule has 0 spiro atoms. The summed E-state index contributed by atoms with van der Waals surface area (Å²) in [6, 6.07) is 24.0. The Morgan fingerprint density at radius 2 is 1.64 bits per heavy atom. The molecule has 4 rings (SSSR count). The van der Waals surface area contributed by atoms with Gasteiger partial charge in [-0.3, -0.25) is 9.36 Å². The zero-order valence-corrected chi connectivity index (χ0v) is 19.9. The Kier molecular flexibility index (Phi) is 7.54. The normalized spacial score (nSPS) is 11.7. The highest BCUT2D eigenvalue weighted by Gasteiger charge is 2.22. The van der Waals surface area contributed by atoms with Gasteiger partial charge in [-0.05, 0) is 43.3 Å². The van der Waals surface area contributed by atoms with Crippen molar-refractivity contribution in [2.45, 2.75) is 23.9 Å². The van der Waals surface area contributed by atoms with Crippen LogP contribution in [0.5, 0.6) is 5.75 Å². The highest BCUT2D eigenvalue weighted by Crippen LogP contribution is 2.29. The fourth-order valence-electron chi connectivity index (χ4n) is 3.02. The van der Waals surface area contributed by atoms with Gasteiger partial charge in [0.25, 0.3) is 0 Å². The molecule has 4 aromatic rings. The van der Waals surface area contributed by atoms with Crippen LogP contribution in [0.1, 0.15) is 12.7 Å². The van der Waals surface area contributed by atoms with E-state index < -0.39 is 5.25 Å². The number of carbonyl (C=O) groups excluding carboxylic acids is 1. The molecule has 1 amide bonds. The van der Waals surface area contributed by atoms with Crippen LogP contribution in [0.4, 0.5) is 5.69 Å². The number of thioether (sulfide) groups is 1. The zero-order valence-electron chi connectivity index (χ0n) is 17.6. The van der Waals surface area contributed by atoms with Crippen LogP contribution in [0, 0.1) is 0 Å². The Morgan fingerprint density at radius 1 is 0.970 bits per heavy atom. The van der Waals surface area contributed by atoms with Crippen LogP contribution in [0.3, 0.4) is 0 Å². The minimum Gasteiger partial charge on any atom is -0.484 e. The molecule has 0 aliphatic heterocycles. The lowest BCUT2D eigenvalue weighted by molar-refractivity contribution is -0.115. The maximum Gasteiger partial charge on any atom is 0.237 e. The minimum atomic E-state index is -0.453. The van der Waals surface area contributed by atoms with E-state index in [1.807, 2.05) is 59.2 Å². The number of halogens is 2. The Labute approximate surface area is 205 Å². The number of nitrogens with one attached hydrogen (secondary N) is 1. The number of aromatic nitrogens is 3. The average Bonchev–Trinajstić information content (AvgIpc) is 3.22. The van der Waals surface area contributed by atoms with E-state index in [0.717, 1.165) is 5.69 Å². The van der Waals surface area contributed by atoms with Crippen LogP contribution in [-0.2, 0) is 11.4 Å². The molecule has 0 aliphatic rings. The van der Waals surface area contributed by atoms with Crippen LogP contribution in [0.15, 0.2) is 84.0 Å². The Hall–Kier alpha value is -3.00. The average molecular weight is 499 g/mol. The molecular formula is C24H20Cl2N4O2S. The van der Waals surface area contributed by atoms with E-state index in [-0.39, 0.29) is 12.5 Å². The van der Waals surface area contributed by atoms with Crippen LogP contribution >= 0.6 is 35.0 Å². The second-order valence-electron chi connectivity index (χ2n) is 7.02. The molecule has 33 heavy (non-hydrogen) atoms. The highest BCUT2D eigenvalue weighted by atomic mass is 35.5. The molecule has 6 nitrogen and oxygen atoms in total. The van der Waals surface area contributed by atoms with Crippen molar-refractivity contribution >= 4 is 46.6 Å². The van der Waals surface area contributed by atoms with Gasteiger partial charge in [0.15, 0.2) is 11.0 Å². The van der Waals surface area contributed by atoms with Gasteiger partial charge in [-0.2, -0.15) is 0 Å². The third kappa shape index (κ3) is 5.68. The number of benzene rings is 3. The van der Waals surface area contributed by atoms with Gasteiger partial charge < -0.3 is 10.1 Å². The van der Waals surface area contributed by atoms with Gasteiger partial charge in [0, 0.05) is 5.69 Å². The molecule has 1 unspecified atom stereocenters. The molecule has 0 fully saturated rings. The Balaban J connectivity index is 1.55. The van der Waals surface area contributed by atoms with Crippen molar-refractivity contribution in [3.05, 3.63) is 94.7 Å². The second kappa shape index (κ2) is 10.7. The predicted octanol–water partition coefficient (Wildman–Crippen LogP) is 6.27. The maximum atomic E-state index is 12.8. The summed E-state index contributed by atoms with van der Waals surface area (Å²) in [5.74, 6) is 0.954. The van der Waals surface area contributed by atoms with Crippen LogP contribution < -0.4 is 10.1 Å². The van der Waals surface area contributed by atoms with Crippen molar-refractivity contribution < 1.29 is 9.53 Å². The van der Waals surface area contributed by atoms with Crippen molar-refractivity contribution in [1.82, 2.24) is 14.8 Å². The molecule has 0 saturated carbocycles. The minimum absolute atomic E-state index is 0.159. The first-order valence-corrected chi connectivity index (χ1v) is 11.8. The Morgan fingerprint density at radius 3 is 2.36 bits per heavy atom. The van der Waals surface area contributed by atoms with E-state index in [0.29, 0.717) is 32.5 Å². The quantitative estimate of drug-likeness (QED) is 0.289. The lowest BCUT2D eigenvalue weighted by Gasteiger charge is -2.15. The van der Waals surface area contributed by atoms with Crippen LogP contribution in [-0.4, -0.2) is 25.9 Å². The molecule has 0 aliphatic carbocycles. The van der Waals surface area contributed by atoms with Crippen LogP contribution in [0.25, 0.3) is 5.69 Å². The van der Waals surface area contributed by atoms with Gasteiger partial charge in [0.05, 0.1) is 21.0 Å². The number of para-hydroxylation sites is 3. The largest absolute Gasteiger partial charge is 0.484 e. The molecule has 1 heterocycles. The van der Waals surface area contributed by atoms with Crippen molar-refractivity contribution in [3.8, 4) is 11.4 Å². The monoisotopic (exact) mass is 498 g/mol. The fourth-order valence-corrected chi connectivity index (χ4v) is 4.28. The first-order chi connectivity index (χ1) is 16.0. The third-order valence-corrected chi connectivity index (χ3v) is 6.38. The molecule has 0 radical (unpaired) electrons. The van der Waals surface area contributed by atoms with Gasteiger partial charge in [0.2, 0.25) is 5.91 Å². The van der Waals surface area contributed by atoms with E-state index >= 15 is 0 Å². The molecule has 3 aromatic carbocycles. The molecule has 9 heteroatoms. The number of hydrogen-bond acceptors (Lipinski definition) is 5. The molecule has 168 valence electrons. The van der Waals surface area contributed by atoms with E-state index in [9.17, 15) is 4.79 Å². The number of amides is 1. The zero-order chi connectivity index (χ0) is 23.2. The van der Waals surface area contributed by atoms with E-state index in [1.165, 1.54) is 11.8 Å². The van der Waals surface area contributed by atoms with E-state index in [2.05, 4.69) is 15.5 Å². The van der Waals surface area contributed by atoms with Crippen molar-refractivity contribution in [2.24, 2.45) is 0 Å². The van der Waals surface area contributed by atoms with Gasteiger partial charge in [-0.25, -0.2) is 0 Å². The van der Waals surface area contributed by atoms with Crippen molar-refractivity contribution in [1.29, 1.82) is 0 Å². The highest BCUT2D eigenvalue weighted by molar-refractivity contribution is 8.00. The van der Waals surface area contributed by atoms with E-state index in [1.54, 1.807) is 31.2 Å². The number of carbonyl (C=O) groups is 1. The standard InChI is InChI=1S/C24H20Cl2N4O2S/c1-16(23(31)27-20-13-7-5-11-18(20)25)33-24-29-28-22(30(24)17-9-3-2-4-10-17)15-32-21-14-8-6-12-19(21)26/h2-14,16H,15H2,1H3,(H,27,31). The topological polar surface area (TPSA) is 69.0 Å². The number of rotatable bonds is 8. The smallest absolute Gasteiger partial charge is 0.237 e. The molecule has 1 N–H and O–H groups in total. The van der Waals surface area contributed by atoms with Gasteiger partial charge in [0.1, 0.15) is 12.4 Å². The molecule has 0 saturated heterocycles. The predicted molar refractivity (Wildman–Crippen MR) is 133 cm³/mol. The van der Waals surface area contributed by atoms with Gasteiger partial charge in [-0.1, -0.05) is 77.4 Å². The summed E-state index contributed by atoms with van der Waals surface area (Å²) in [6.07, 6.45) is 0. The number of hydrogen-bond donors (Lipinski definition) is 1. The number of nitrogens with zero attached hydrogens (tertiary/aromatic N) is 3.